The second-order valence-electron chi connectivity index (χ2n) is 2.46. The molecule has 0 bridgehead atoms. The maximum atomic E-state index is 10.6. The van der Waals surface area contributed by atoms with Gasteiger partial charge in [0.1, 0.15) is 0 Å². The predicted molar refractivity (Wildman–Crippen MR) is 67.5 cm³/mol. The molecule has 5 nitrogen and oxygen atoms in total. The van der Waals surface area contributed by atoms with Crippen LogP contribution in [0.5, 0.6) is 0 Å². The molecule has 0 saturated carbocycles. The molecule has 1 aliphatic heterocycles. The lowest BCUT2D eigenvalue weighted by atomic mass is 10.5. The Morgan fingerprint density at radius 3 is 2.62 bits per heavy atom. The molecule has 1 aromatic heterocycles. The summed E-state index contributed by atoms with van der Waals surface area (Å²) in [6.07, 6.45) is 6.27. The van der Waals surface area contributed by atoms with E-state index in [2.05, 4.69) is 9.38 Å². The van der Waals surface area contributed by atoms with E-state index in [1.807, 2.05) is 5.38 Å². The van der Waals surface area contributed by atoms with Crippen molar-refractivity contribution >= 4 is 36.3 Å². The molecule has 2 heterocycles. The SMILES string of the molecule is O=P(O)(O)C1=NSC=CC=C1.c1cscn1. The van der Waals surface area contributed by atoms with Gasteiger partial charge in [0, 0.05) is 23.5 Å². The Kier molecular flexibility index (Phi) is 5.65. The third-order valence-electron chi connectivity index (χ3n) is 1.29. The Bertz CT molecular complexity index is 419. The molecule has 0 amide bonds. The first-order chi connectivity index (χ1) is 7.61. The number of thiazole rings is 1. The Morgan fingerprint density at radius 2 is 2.12 bits per heavy atom. The van der Waals surface area contributed by atoms with E-state index in [-0.39, 0.29) is 5.45 Å². The van der Waals surface area contributed by atoms with Gasteiger partial charge in [0.25, 0.3) is 0 Å². The molecule has 0 unspecified atom stereocenters. The van der Waals surface area contributed by atoms with E-state index >= 15 is 0 Å². The van der Waals surface area contributed by atoms with Crippen molar-refractivity contribution in [2.75, 3.05) is 0 Å². The second-order valence-corrected chi connectivity index (χ2v) is 5.43. The van der Waals surface area contributed by atoms with Gasteiger partial charge in [0.15, 0.2) is 5.45 Å². The summed E-state index contributed by atoms with van der Waals surface area (Å²) < 4.78 is 14.2. The molecule has 0 radical (unpaired) electrons. The third-order valence-corrected chi connectivity index (χ3v) is 3.37. The van der Waals surface area contributed by atoms with E-state index in [9.17, 15) is 4.57 Å². The van der Waals surface area contributed by atoms with Crippen molar-refractivity contribution < 1.29 is 14.4 Å². The summed E-state index contributed by atoms with van der Waals surface area (Å²) in [6, 6.07) is 0. The number of rotatable bonds is 1. The van der Waals surface area contributed by atoms with E-state index in [1.165, 1.54) is 12.2 Å². The highest BCUT2D eigenvalue weighted by Gasteiger charge is 2.20. The first-order valence-corrected chi connectivity index (χ1v) is 7.45. The first kappa shape index (κ1) is 13.3. The maximum Gasteiger partial charge on any atom is 0.375 e. The van der Waals surface area contributed by atoms with Crippen LogP contribution in [0.25, 0.3) is 0 Å². The predicted octanol–water partition coefficient (Wildman–Crippen LogP) is 2.44. The third kappa shape index (κ3) is 5.39. The molecule has 16 heavy (non-hydrogen) atoms. The van der Waals surface area contributed by atoms with Crippen molar-refractivity contribution in [1.29, 1.82) is 0 Å². The number of aromatic nitrogens is 1. The van der Waals surface area contributed by atoms with Crippen LogP contribution in [0.3, 0.4) is 0 Å². The summed E-state index contributed by atoms with van der Waals surface area (Å²) in [4.78, 5) is 21.1. The average Bonchev–Trinajstić information content (AvgIpc) is 2.66. The largest absolute Gasteiger partial charge is 0.375 e. The highest BCUT2D eigenvalue weighted by atomic mass is 32.2. The standard InChI is InChI=1S/C5H6NO3PS.C3H3NS/c7-10(8,9)5-3-1-2-4-11-6-5;1-2-5-3-4-1/h1-4H,(H2,7,8,9);1-3H. The summed E-state index contributed by atoms with van der Waals surface area (Å²) in [5.74, 6) is 0. The molecule has 2 N–H and O–H groups in total. The molecule has 0 spiro atoms. The van der Waals surface area contributed by atoms with E-state index in [0.717, 1.165) is 11.9 Å². The minimum absolute atomic E-state index is 0.187. The topological polar surface area (TPSA) is 82.8 Å². The number of hydrogen-bond donors (Lipinski definition) is 2. The van der Waals surface area contributed by atoms with Crippen molar-refractivity contribution in [3.63, 3.8) is 0 Å². The summed E-state index contributed by atoms with van der Waals surface area (Å²) in [6.45, 7) is 0. The molecule has 86 valence electrons. The normalized spacial score (nSPS) is 14.8. The number of nitrogens with zero attached hydrogens (tertiary/aromatic N) is 2. The fourth-order valence-corrected chi connectivity index (χ4v) is 2.25. The quantitative estimate of drug-likeness (QED) is 0.608. The van der Waals surface area contributed by atoms with Crippen LogP contribution in [0.1, 0.15) is 0 Å². The van der Waals surface area contributed by atoms with Crippen LogP contribution in [0.2, 0.25) is 0 Å². The zero-order valence-electron chi connectivity index (χ0n) is 8.00. The van der Waals surface area contributed by atoms with Gasteiger partial charge in [-0.3, -0.25) is 9.55 Å². The monoisotopic (exact) mass is 276 g/mol. The van der Waals surface area contributed by atoms with Gasteiger partial charge in [-0.15, -0.1) is 11.3 Å². The minimum atomic E-state index is -4.17. The van der Waals surface area contributed by atoms with Crippen LogP contribution in [0, 0.1) is 0 Å². The second kappa shape index (κ2) is 6.78. The van der Waals surface area contributed by atoms with Gasteiger partial charge in [-0.25, -0.2) is 4.40 Å². The smallest absolute Gasteiger partial charge is 0.320 e. The van der Waals surface area contributed by atoms with E-state index in [4.69, 9.17) is 9.79 Å². The lowest BCUT2D eigenvalue weighted by Gasteiger charge is -1.99. The number of hydrogen-bond acceptors (Lipinski definition) is 5. The molecule has 0 saturated heterocycles. The van der Waals surface area contributed by atoms with Gasteiger partial charge in [-0.05, 0) is 11.5 Å². The molecule has 0 aromatic carbocycles. The molecular formula is C8H9N2O3PS2. The molecule has 1 aromatic rings. The van der Waals surface area contributed by atoms with E-state index in [1.54, 1.807) is 34.5 Å². The summed E-state index contributed by atoms with van der Waals surface area (Å²) in [5.41, 5.74) is 1.60. The Hall–Kier alpha value is -0.720. The van der Waals surface area contributed by atoms with Crippen LogP contribution >= 0.6 is 30.9 Å². The van der Waals surface area contributed by atoms with Gasteiger partial charge >= 0.3 is 7.60 Å². The van der Waals surface area contributed by atoms with Crippen LogP contribution in [-0.4, -0.2) is 20.2 Å². The van der Waals surface area contributed by atoms with Gasteiger partial charge in [-0.1, -0.05) is 12.2 Å². The summed E-state index contributed by atoms with van der Waals surface area (Å²) >= 11 is 2.61. The molecule has 2 rings (SSSR count). The van der Waals surface area contributed by atoms with Gasteiger partial charge in [0.2, 0.25) is 0 Å². The van der Waals surface area contributed by atoms with Gasteiger partial charge in [0.05, 0.1) is 5.51 Å². The van der Waals surface area contributed by atoms with Gasteiger partial charge in [-0.2, -0.15) is 0 Å². The van der Waals surface area contributed by atoms with E-state index in [0.29, 0.717) is 0 Å². The average molecular weight is 276 g/mol. The Morgan fingerprint density at radius 1 is 1.31 bits per heavy atom. The van der Waals surface area contributed by atoms with Crippen LogP contribution in [0.4, 0.5) is 0 Å². The maximum absolute atomic E-state index is 10.6. The summed E-state index contributed by atoms with van der Waals surface area (Å²) in [7, 11) is -4.17. The van der Waals surface area contributed by atoms with Crippen LogP contribution in [-0.2, 0) is 4.57 Å². The lowest BCUT2D eigenvalue weighted by Crippen LogP contribution is -1.92. The van der Waals surface area contributed by atoms with Crippen molar-refractivity contribution in [2.45, 2.75) is 0 Å². The molecule has 0 fully saturated rings. The van der Waals surface area contributed by atoms with Crippen molar-refractivity contribution in [2.24, 2.45) is 4.40 Å². The molecule has 1 aliphatic rings. The highest BCUT2D eigenvalue weighted by molar-refractivity contribution is 8.01. The molecule has 0 atom stereocenters. The van der Waals surface area contributed by atoms with Crippen LogP contribution in [0.15, 0.2) is 45.1 Å². The Labute approximate surface area is 101 Å². The molecular weight excluding hydrogens is 267 g/mol. The van der Waals surface area contributed by atoms with E-state index < -0.39 is 7.60 Å². The zero-order valence-corrected chi connectivity index (χ0v) is 10.5. The van der Waals surface area contributed by atoms with Crippen molar-refractivity contribution in [3.05, 3.63) is 40.7 Å². The molecule has 8 heteroatoms. The highest BCUT2D eigenvalue weighted by Crippen LogP contribution is 2.39. The zero-order chi connectivity index (χ0) is 11.9. The fourth-order valence-electron chi connectivity index (χ4n) is 0.663. The minimum Gasteiger partial charge on any atom is -0.320 e. The fraction of sp³-hybridized carbons (Fsp3) is 0. The summed E-state index contributed by atoms with van der Waals surface area (Å²) in [5, 5.41) is 3.57. The van der Waals surface area contributed by atoms with Crippen molar-refractivity contribution in [3.8, 4) is 0 Å². The van der Waals surface area contributed by atoms with Gasteiger partial charge < -0.3 is 9.79 Å². The lowest BCUT2D eigenvalue weighted by molar-refractivity contribution is 0.391. The molecule has 0 aliphatic carbocycles. The van der Waals surface area contributed by atoms with Crippen LogP contribution < -0.4 is 0 Å². The number of allylic oxidation sites excluding steroid dienone is 3. The Balaban J connectivity index is 0.000000212. The first-order valence-electron chi connectivity index (χ1n) is 4.06. The van der Waals surface area contributed by atoms with Crippen molar-refractivity contribution in [1.82, 2.24) is 4.98 Å².